The first-order valence-electron chi connectivity index (χ1n) is 9.70. The van der Waals surface area contributed by atoms with Crippen LogP contribution in [0.2, 0.25) is 0 Å². The Balaban J connectivity index is 1.54. The van der Waals surface area contributed by atoms with Gasteiger partial charge in [0.25, 0.3) is 5.69 Å². The predicted octanol–water partition coefficient (Wildman–Crippen LogP) is 5.32. The van der Waals surface area contributed by atoms with Gasteiger partial charge in [0.15, 0.2) is 0 Å². The molecular formula is C24H19NO4. The van der Waals surface area contributed by atoms with Gasteiger partial charge in [0, 0.05) is 18.1 Å². The molecule has 0 radical (unpaired) electrons. The first-order valence-corrected chi connectivity index (χ1v) is 9.70. The summed E-state index contributed by atoms with van der Waals surface area (Å²) in [5.41, 5.74) is 3.16. The average Bonchev–Trinajstić information content (AvgIpc) is 3.32. The van der Waals surface area contributed by atoms with E-state index < -0.39 is 16.5 Å². The topological polar surface area (TPSA) is 69.4 Å². The molecule has 0 unspecified atom stereocenters. The van der Waals surface area contributed by atoms with E-state index in [1.54, 1.807) is 0 Å². The van der Waals surface area contributed by atoms with Crippen molar-refractivity contribution in [3.05, 3.63) is 111 Å². The number of hydrogen-bond acceptors (Lipinski definition) is 4. The van der Waals surface area contributed by atoms with Gasteiger partial charge in [-0.15, -0.1) is 0 Å². The van der Waals surface area contributed by atoms with Crippen LogP contribution >= 0.6 is 0 Å². The number of carbonyl (C=O) groups is 1. The molecule has 144 valence electrons. The molecule has 3 aromatic carbocycles. The lowest BCUT2D eigenvalue weighted by Gasteiger charge is -2.38. The maximum Gasteiger partial charge on any atom is 0.339 e. The van der Waals surface area contributed by atoms with Gasteiger partial charge in [0.1, 0.15) is 5.60 Å². The van der Waals surface area contributed by atoms with Crippen molar-refractivity contribution in [2.75, 3.05) is 0 Å². The Morgan fingerprint density at radius 2 is 1.59 bits per heavy atom. The summed E-state index contributed by atoms with van der Waals surface area (Å²) in [6.45, 7) is 0. The molecule has 1 fully saturated rings. The summed E-state index contributed by atoms with van der Waals surface area (Å²) in [6, 6.07) is 23.9. The van der Waals surface area contributed by atoms with E-state index >= 15 is 0 Å². The molecule has 2 aliphatic rings. The van der Waals surface area contributed by atoms with Crippen molar-refractivity contribution in [1.29, 1.82) is 0 Å². The lowest BCUT2D eigenvalue weighted by Crippen LogP contribution is -2.37. The van der Waals surface area contributed by atoms with Gasteiger partial charge in [-0.2, -0.15) is 0 Å². The van der Waals surface area contributed by atoms with Gasteiger partial charge >= 0.3 is 5.97 Å². The summed E-state index contributed by atoms with van der Waals surface area (Å²) in [4.78, 5) is 23.5. The third kappa shape index (κ3) is 2.73. The van der Waals surface area contributed by atoms with Crippen LogP contribution in [0.5, 0.6) is 0 Å². The molecule has 2 aliphatic carbocycles. The van der Waals surface area contributed by atoms with Crippen LogP contribution in [0.3, 0.4) is 0 Å². The quantitative estimate of drug-likeness (QED) is 0.346. The number of benzene rings is 3. The third-order valence-electron chi connectivity index (χ3n) is 6.30. The highest BCUT2D eigenvalue weighted by Gasteiger charge is 2.57. The van der Waals surface area contributed by atoms with Crippen molar-refractivity contribution >= 4 is 11.7 Å². The number of fused-ring (bicyclic) bond motifs is 5. The smallest absolute Gasteiger partial charge is 0.339 e. The molecule has 3 atom stereocenters. The van der Waals surface area contributed by atoms with Crippen LogP contribution in [0.4, 0.5) is 5.69 Å². The second-order valence-electron chi connectivity index (χ2n) is 7.77. The van der Waals surface area contributed by atoms with Crippen LogP contribution in [0, 0.1) is 10.1 Å². The first kappa shape index (κ1) is 17.6. The highest BCUT2D eigenvalue weighted by molar-refractivity contribution is 5.90. The van der Waals surface area contributed by atoms with Crippen molar-refractivity contribution in [3.63, 3.8) is 0 Å². The van der Waals surface area contributed by atoms with Gasteiger partial charge in [-0.1, -0.05) is 54.6 Å². The molecule has 29 heavy (non-hydrogen) atoms. The molecular weight excluding hydrogens is 366 g/mol. The highest BCUT2D eigenvalue weighted by Crippen LogP contribution is 2.63. The molecule has 0 saturated heterocycles. The molecule has 0 aromatic heterocycles. The second kappa shape index (κ2) is 6.55. The fourth-order valence-corrected chi connectivity index (χ4v) is 5.04. The largest absolute Gasteiger partial charge is 0.450 e. The SMILES string of the molecule is O=C(O[C@@]1(c2ccccc2)C[C@@H]2C[C@@H]1c1ccccc12)c1ccc([N+](=O)[O-])cc1. The Morgan fingerprint density at radius 1 is 0.931 bits per heavy atom. The number of carbonyl (C=O) groups excluding carboxylic acids is 1. The van der Waals surface area contributed by atoms with Crippen LogP contribution in [0.15, 0.2) is 78.9 Å². The Kier molecular flexibility index (Phi) is 3.98. The van der Waals surface area contributed by atoms with Gasteiger partial charge in [0.05, 0.1) is 10.5 Å². The van der Waals surface area contributed by atoms with Crippen molar-refractivity contribution < 1.29 is 14.5 Å². The summed E-state index contributed by atoms with van der Waals surface area (Å²) in [5, 5.41) is 10.9. The maximum atomic E-state index is 13.1. The van der Waals surface area contributed by atoms with E-state index in [1.807, 2.05) is 36.4 Å². The molecule has 0 N–H and O–H groups in total. The zero-order valence-electron chi connectivity index (χ0n) is 15.7. The molecule has 0 aliphatic heterocycles. The van der Waals surface area contributed by atoms with E-state index in [9.17, 15) is 14.9 Å². The number of esters is 1. The number of rotatable bonds is 4. The minimum atomic E-state index is -0.723. The minimum Gasteiger partial charge on any atom is -0.450 e. The van der Waals surface area contributed by atoms with Crippen LogP contribution < -0.4 is 0 Å². The van der Waals surface area contributed by atoms with E-state index in [1.165, 1.54) is 35.4 Å². The second-order valence-corrected chi connectivity index (χ2v) is 7.77. The zero-order chi connectivity index (χ0) is 20.0. The van der Waals surface area contributed by atoms with Crippen LogP contribution in [-0.4, -0.2) is 10.9 Å². The first-order chi connectivity index (χ1) is 14.1. The van der Waals surface area contributed by atoms with Gasteiger partial charge in [-0.05, 0) is 47.6 Å². The van der Waals surface area contributed by atoms with Gasteiger partial charge < -0.3 is 4.74 Å². The molecule has 1 saturated carbocycles. The van der Waals surface area contributed by atoms with Crippen molar-refractivity contribution in [1.82, 2.24) is 0 Å². The Labute approximate surface area is 168 Å². The highest BCUT2D eigenvalue weighted by atomic mass is 16.6. The molecule has 5 nitrogen and oxygen atoms in total. The normalized spacial score (nSPS) is 24.1. The standard InChI is InChI=1S/C24H19NO4/c26-23(16-10-12-19(13-11-16)25(27)28)29-24(18-6-2-1-3-7-18)15-17-14-22(24)21-9-5-4-8-20(17)21/h1-13,17,22H,14-15H2/t17-,22+,24+/m0/s1. The summed E-state index contributed by atoms with van der Waals surface area (Å²) >= 11 is 0. The molecule has 5 heteroatoms. The summed E-state index contributed by atoms with van der Waals surface area (Å²) in [7, 11) is 0. The molecule has 3 aromatic rings. The number of hydrogen-bond donors (Lipinski definition) is 0. The van der Waals surface area contributed by atoms with Gasteiger partial charge in [-0.3, -0.25) is 10.1 Å². The van der Waals surface area contributed by atoms with E-state index in [0.717, 1.165) is 18.4 Å². The van der Waals surface area contributed by atoms with Gasteiger partial charge in [-0.25, -0.2) is 4.79 Å². The minimum absolute atomic E-state index is 0.0480. The number of non-ortho nitro benzene ring substituents is 1. The summed E-state index contributed by atoms with van der Waals surface area (Å²) < 4.78 is 6.25. The fraction of sp³-hybridized carbons (Fsp3) is 0.208. The zero-order valence-corrected chi connectivity index (χ0v) is 15.7. The number of nitrogens with zero attached hydrogens (tertiary/aromatic N) is 1. The maximum absolute atomic E-state index is 13.1. The monoisotopic (exact) mass is 385 g/mol. The van der Waals surface area contributed by atoms with E-state index in [4.69, 9.17) is 4.74 Å². The molecule has 0 amide bonds. The number of nitro benzene ring substituents is 1. The Morgan fingerprint density at radius 3 is 2.28 bits per heavy atom. The molecule has 0 spiro atoms. The van der Waals surface area contributed by atoms with E-state index in [-0.39, 0.29) is 11.6 Å². The van der Waals surface area contributed by atoms with Gasteiger partial charge in [0.2, 0.25) is 0 Å². The van der Waals surface area contributed by atoms with Crippen LogP contribution in [0.25, 0.3) is 0 Å². The third-order valence-corrected chi connectivity index (χ3v) is 6.30. The van der Waals surface area contributed by atoms with Crippen LogP contribution in [0.1, 0.15) is 51.7 Å². The van der Waals surface area contributed by atoms with E-state index in [2.05, 4.69) is 18.2 Å². The average molecular weight is 385 g/mol. The van der Waals surface area contributed by atoms with Crippen molar-refractivity contribution in [2.24, 2.45) is 0 Å². The Hall–Kier alpha value is -3.47. The van der Waals surface area contributed by atoms with Crippen LogP contribution in [-0.2, 0) is 10.3 Å². The number of nitro groups is 1. The molecule has 2 bridgehead atoms. The summed E-state index contributed by atoms with van der Waals surface area (Å²) in [5.74, 6) is 0.0166. The Bertz CT molecular complexity index is 1090. The number of ether oxygens (including phenoxy) is 1. The fourth-order valence-electron chi connectivity index (χ4n) is 5.04. The molecule has 5 rings (SSSR count). The predicted molar refractivity (Wildman–Crippen MR) is 108 cm³/mol. The lowest BCUT2D eigenvalue weighted by molar-refractivity contribution is -0.384. The molecule has 0 heterocycles. The van der Waals surface area contributed by atoms with Crippen molar-refractivity contribution in [3.8, 4) is 0 Å². The summed E-state index contributed by atoms with van der Waals surface area (Å²) in [6.07, 6.45) is 1.71. The van der Waals surface area contributed by atoms with E-state index in [0.29, 0.717) is 11.5 Å². The lowest BCUT2D eigenvalue weighted by atomic mass is 9.75. The van der Waals surface area contributed by atoms with Crippen molar-refractivity contribution in [2.45, 2.75) is 30.3 Å².